The van der Waals surface area contributed by atoms with Crippen LogP contribution in [0.1, 0.15) is 47.4 Å². The molecular formula is C22H25ClN2O2S. The van der Waals surface area contributed by atoms with Gasteiger partial charge in [-0.3, -0.25) is 9.59 Å². The first-order chi connectivity index (χ1) is 13.5. The van der Waals surface area contributed by atoms with Gasteiger partial charge in [0.15, 0.2) is 0 Å². The first kappa shape index (κ1) is 19.5. The standard InChI is InChI=1S/C22H25ClN2O2S/c1-14-3-5-16(6-4-14)21-18-10-12-28-19(18)9-11-24(21)20(26)13-25(17-7-8-17)22(27)15(2)23/h3-6,10,12,15,17,21H,7-9,11,13H2,1-2H3/t15-,21+/m0/s1. The fraction of sp³-hybridized carbons (Fsp3) is 0.455. The number of carbonyl (C=O) groups is 2. The maximum atomic E-state index is 13.3. The van der Waals surface area contributed by atoms with Gasteiger partial charge in [0.05, 0.1) is 6.04 Å². The van der Waals surface area contributed by atoms with Crippen molar-refractivity contribution in [2.75, 3.05) is 13.1 Å². The molecule has 1 aromatic heterocycles. The van der Waals surface area contributed by atoms with Crippen LogP contribution in [0, 0.1) is 6.92 Å². The number of rotatable bonds is 5. The molecule has 148 valence electrons. The Labute approximate surface area is 175 Å². The number of benzene rings is 1. The molecule has 2 heterocycles. The summed E-state index contributed by atoms with van der Waals surface area (Å²) in [4.78, 5) is 30.8. The molecule has 2 amide bonds. The third kappa shape index (κ3) is 3.83. The second kappa shape index (κ2) is 7.88. The Morgan fingerprint density at radius 3 is 2.61 bits per heavy atom. The summed E-state index contributed by atoms with van der Waals surface area (Å²) < 4.78 is 0. The van der Waals surface area contributed by atoms with Crippen LogP contribution in [0.25, 0.3) is 0 Å². The quantitative estimate of drug-likeness (QED) is 0.687. The summed E-state index contributed by atoms with van der Waals surface area (Å²) >= 11 is 7.80. The topological polar surface area (TPSA) is 40.6 Å². The molecule has 2 aliphatic rings. The molecule has 4 rings (SSSR count). The van der Waals surface area contributed by atoms with E-state index in [1.165, 1.54) is 16.0 Å². The third-order valence-corrected chi connectivity index (χ3v) is 6.78. The number of halogens is 1. The minimum atomic E-state index is -0.605. The van der Waals surface area contributed by atoms with Crippen molar-refractivity contribution in [3.8, 4) is 0 Å². The van der Waals surface area contributed by atoms with Crippen molar-refractivity contribution in [2.24, 2.45) is 0 Å². The molecule has 1 fully saturated rings. The van der Waals surface area contributed by atoms with Gasteiger partial charge >= 0.3 is 0 Å². The third-order valence-electron chi connectivity index (χ3n) is 5.60. The molecule has 2 aromatic rings. The van der Waals surface area contributed by atoms with E-state index in [0.29, 0.717) is 6.54 Å². The van der Waals surface area contributed by atoms with Gasteiger partial charge in [0, 0.05) is 17.5 Å². The highest BCUT2D eigenvalue weighted by molar-refractivity contribution is 7.10. The number of hydrogen-bond acceptors (Lipinski definition) is 3. The Balaban J connectivity index is 1.62. The Bertz CT molecular complexity index is 873. The van der Waals surface area contributed by atoms with Gasteiger partial charge in [0.25, 0.3) is 0 Å². The number of thiophene rings is 1. The van der Waals surface area contributed by atoms with Crippen molar-refractivity contribution in [3.05, 3.63) is 57.3 Å². The molecule has 4 nitrogen and oxygen atoms in total. The summed E-state index contributed by atoms with van der Waals surface area (Å²) in [6.07, 6.45) is 2.78. The summed E-state index contributed by atoms with van der Waals surface area (Å²) in [7, 11) is 0. The maximum absolute atomic E-state index is 13.3. The van der Waals surface area contributed by atoms with Gasteiger partial charge in [-0.2, -0.15) is 0 Å². The van der Waals surface area contributed by atoms with Crippen LogP contribution in [0.4, 0.5) is 0 Å². The van der Waals surface area contributed by atoms with Gasteiger partial charge in [-0.25, -0.2) is 0 Å². The SMILES string of the molecule is Cc1ccc([C@@H]2c3ccsc3CCN2C(=O)CN(C(=O)[C@H](C)Cl)C2CC2)cc1. The zero-order valence-electron chi connectivity index (χ0n) is 16.2. The van der Waals surface area contributed by atoms with E-state index in [4.69, 9.17) is 11.6 Å². The van der Waals surface area contributed by atoms with Gasteiger partial charge in [-0.15, -0.1) is 22.9 Å². The largest absolute Gasteiger partial charge is 0.330 e. The number of carbonyl (C=O) groups excluding carboxylic acids is 2. The van der Waals surface area contributed by atoms with E-state index in [-0.39, 0.29) is 30.4 Å². The molecule has 1 aromatic carbocycles. The van der Waals surface area contributed by atoms with Gasteiger partial charge in [0.1, 0.15) is 11.9 Å². The summed E-state index contributed by atoms with van der Waals surface area (Å²) in [5, 5.41) is 1.50. The van der Waals surface area contributed by atoms with Crippen LogP contribution in [0.15, 0.2) is 35.7 Å². The summed E-state index contributed by atoms with van der Waals surface area (Å²) in [5.74, 6) is -0.141. The highest BCUT2D eigenvalue weighted by Crippen LogP contribution is 2.38. The minimum absolute atomic E-state index is 0.00000772. The number of nitrogens with zero attached hydrogens (tertiary/aromatic N) is 2. The van der Waals surface area contributed by atoms with E-state index in [9.17, 15) is 9.59 Å². The van der Waals surface area contributed by atoms with E-state index < -0.39 is 5.38 Å². The van der Waals surface area contributed by atoms with E-state index in [1.807, 2.05) is 4.90 Å². The van der Waals surface area contributed by atoms with Crippen molar-refractivity contribution in [2.45, 2.75) is 50.6 Å². The highest BCUT2D eigenvalue weighted by atomic mass is 35.5. The fourth-order valence-corrected chi connectivity index (χ4v) is 4.96. The van der Waals surface area contributed by atoms with Crippen molar-refractivity contribution >= 4 is 34.8 Å². The Kier molecular flexibility index (Phi) is 5.48. The Hall–Kier alpha value is -1.85. The number of fused-ring (bicyclic) bond motifs is 1. The molecule has 0 unspecified atom stereocenters. The molecule has 0 radical (unpaired) electrons. The second-order valence-corrected chi connectivity index (χ2v) is 9.42. The van der Waals surface area contributed by atoms with Crippen LogP contribution < -0.4 is 0 Å². The lowest BCUT2D eigenvalue weighted by Gasteiger charge is -2.38. The predicted molar refractivity (Wildman–Crippen MR) is 113 cm³/mol. The average molecular weight is 417 g/mol. The molecule has 0 spiro atoms. The Morgan fingerprint density at radius 1 is 1.25 bits per heavy atom. The molecule has 1 saturated carbocycles. The normalized spacial score (nSPS) is 19.8. The number of aryl methyl sites for hydroxylation is 1. The van der Waals surface area contributed by atoms with Crippen LogP contribution in [-0.2, 0) is 16.0 Å². The molecule has 6 heteroatoms. The first-order valence-electron chi connectivity index (χ1n) is 9.82. The Morgan fingerprint density at radius 2 is 1.96 bits per heavy atom. The minimum Gasteiger partial charge on any atom is -0.330 e. The number of amides is 2. The predicted octanol–water partition coefficient (Wildman–Crippen LogP) is 4.15. The van der Waals surface area contributed by atoms with E-state index in [2.05, 4.69) is 42.6 Å². The smallest absolute Gasteiger partial charge is 0.243 e. The maximum Gasteiger partial charge on any atom is 0.243 e. The van der Waals surface area contributed by atoms with Crippen molar-refractivity contribution in [1.29, 1.82) is 0 Å². The lowest BCUT2D eigenvalue weighted by molar-refractivity contribution is -0.141. The van der Waals surface area contributed by atoms with Crippen LogP contribution in [0.3, 0.4) is 0 Å². The van der Waals surface area contributed by atoms with Gasteiger partial charge in [-0.05, 0) is 55.7 Å². The van der Waals surface area contributed by atoms with Crippen molar-refractivity contribution < 1.29 is 9.59 Å². The molecule has 28 heavy (non-hydrogen) atoms. The summed E-state index contributed by atoms with van der Waals surface area (Å²) in [6, 6.07) is 10.6. The van der Waals surface area contributed by atoms with E-state index >= 15 is 0 Å². The second-order valence-electron chi connectivity index (χ2n) is 7.76. The molecule has 1 aliphatic carbocycles. The van der Waals surface area contributed by atoms with Crippen LogP contribution >= 0.6 is 22.9 Å². The zero-order chi connectivity index (χ0) is 19.8. The van der Waals surface area contributed by atoms with Crippen LogP contribution in [-0.4, -0.2) is 46.1 Å². The summed E-state index contributed by atoms with van der Waals surface area (Å²) in [6.45, 7) is 4.53. The molecular weight excluding hydrogens is 392 g/mol. The van der Waals surface area contributed by atoms with Gasteiger partial charge in [-0.1, -0.05) is 29.8 Å². The summed E-state index contributed by atoms with van der Waals surface area (Å²) in [5.41, 5.74) is 3.53. The molecule has 0 N–H and O–H groups in total. The van der Waals surface area contributed by atoms with Crippen LogP contribution in [0.5, 0.6) is 0 Å². The fourth-order valence-electron chi connectivity index (χ4n) is 3.93. The lowest BCUT2D eigenvalue weighted by atomic mass is 9.92. The van der Waals surface area contributed by atoms with Crippen LogP contribution in [0.2, 0.25) is 0 Å². The molecule has 0 bridgehead atoms. The molecule has 2 atom stereocenters. The average Bonchev–Trinajstić information content (AvgIpc) is 3.41. The van der Waals surface area contributed by atoms with Gasteiger partial charge in [0.2, 0.25) is 11.8 Å². The lowest BCUT2D eigenvalue weighted by Crippen LogP contribution is -2.48. The first-order valence-corrected chi connectivity index (χ1v) is 11.1. The number of alkyl halides is 1. The molecule has 0 saturated heterocycles. The van der Waals surface area contributed by atoms with E-state index in [1.54, 1.807) is 23.2 Å². The van der Waals surface area contributed by atoms with E-state index in [0.717, 1.165) is 24.8 Å². The zero-order valence-corrected chi connectivity index (χ0v) is 17.8. The highest BCUT2D eigenvalue weighted by Gasteiger charge is 2.38. The van der Waals surface area contributed by atoms with Gasteiger partial charge < -0.3 is 9.80 Å². The molecule has 1 aliphatic heterocycles. The number of hydrogen-bond donors (Lipinski definition) is 0. The van der Waals surface area contributed by atoms with Crippen molar-refractivity contribution in [1.82, 2.24) is 9.80 Å². The van der Waals surface area contributed by atoms with Crippen molar-refractivity contribution in [3.63, 3.8) is 0 Å². The monoisotopic (exact) mass is 416 g/mol.